The van der Waals surface area contributed by atoms with E-state index in [0.29, 0.717) is 24.1 Å². The number of carboxylic acids is 2. The molecule has 36 heavy (non-hydrogen) atoms. The Labute approximate surface area is 218 Å². The zero-order valence-electron chi connectivity index (χ0n) is 20.0. The Balaban J connectivity index is 1.66. The number of carboxylic acid groups (broad SMARTS) is 2. The van der Waals surface area contributed by atoms with Crippen molar-refractivity contribution in [2.45, 2.75) is 46.1 Å². The first-order valence-corrected chi connectivity index (χ1v) is 12.0. The lowest BCUT2D eigenvalue weighted by molar-refractivity contribution is -0.155. The van der Waals surface area contributed by atoms with E-state index in [9.17, 15) is 29.4 Å². The lowest BCUT2D eigenvalue weighted by atomic mass is 9.65. The summed E-state index contributed by atoms with van der Waals surface area (Å²) in [5, 5.41) is 24.8. The van der Waals surface area contributed by atoms with Crippen molar-refractivity contribution in [2.24, 2.45) is 16.7 Å². The van der Waals surface area contributed by atoms with Crippen molar-refractivity contribution in [3.05, 3.63) is 57.8 Å². The van der Waals surface area contributed by atoms with Gasteiger partial charge in [0, 0.05) is 18.0 Å². The van der Waals surface area contributed by atoms with Crippen molar-refractivity contribution in [3.63, 3.8) is 0 Å². The summed E-state index contributed by atoms with van der Waals surface area (Å²) in [7, 11) is 0. The molecule has 1 aromatic carbocycles. The third-order valence-corrected chi connectivity index (χ3v) is 7.84. The molecule has 0 spiro atoms. The molecule has 11 heteroatoms. The molecule has 1 aliphatic rings. The number of rotatable bonds is 8. The van der Waals surface area contributed by atoms with Gasteiger partial charge in [-0.15, -0.1) is 0 Å². The highest BCUT2D eigenvalue weighted by Gasteiger charge is 2.58. The second-order valence-electron chi connectivity index (χ2n) is 9.68. The number of hydrogen-bond acceptors (Lipinski definition) is 5. The molecule has 1 heterocycles. The van der Waals surface area contributed by atoms with Crippen LogP contribution in [0.25, 0.3) is 0 Å². The number of carbonyl (C=O) groups excluding carboxylic acids is 2. The van der Waals surface area contributed by atoms with Gasteiger partial charge in [0.2, 0.25) is 5.91 Å². The molecule has 1 fully saturated rings. The predicted molar refractivity (Wildman–Crippen MR) is 134 cm³/mol. The lowest BCUT2D eigenvalue weighted by Crippen LogP contribution is -2.49. The van der Waals surface area contributed by atoms with Crippen LogP contribution in [-0.4, -0.2) is 45.0 Å². The molecule has 2 unspecified atom stereocenters. The number of carbonyl (C=O) groups is 4. The van der Waals surface area contributed by atoms with Crippen LogP contribution in [0.1, 0.15) is 49.5 Å². The average molecular weight is 536 g/mol. The fourth-order valence-corrected chi connectivity index (χ4v) is 4.98. The molecular weight excluding hydrogens is 509 g/mol. The molecule has 2 amide bonds. The van der Waals surface area contributed by atoms with E-state index in [1.165, 1.54) is 12.1 Å². The van der Waals surface area contributed by atoms with Gasteiger partial charge in [-0.3, -0.25) is 14.4 Å². The van der Waals surface area contributed by atoms with Crippen molar-refractivity contribution in [1.29, 1.82) is 0 Å². The summed E-state index contributed by atoms with van der Waals surface area (Å²) in [6, 6.07) is 8.17. The Morgan fingerprint density at radius 1 is 1.06 bits per heavy atom. The minimum atomic E-state index is -1.21. The summed E-state index contributed by atoms with van der Waals surface area (Å²) in [4.78, 5) is 53.0. The van der Waals surface area contributed by atoms with Gasteiger partial charge in [0.25, 0.3) is 5.91 Å². The van der Waals surface area contributed by atoms with E-state index in [4.69, 9.17) is 23.2 Å². The number of hydrogen-bond donors (Lipinski definition) is 4. The number of halogens is 2. The fraction of sp³-hybridized carbons (Fsp3) is 0.400. The second kappa shape index (κ2) is 10.4. The normalized spacial score (nSPS) is 21.4. The number of benzene rings is 1. The summed E-state index contributed by atoms with van der Waals surface area (Å²) in [6.07, 6.45) is 0.691. The molecule has 2 aromatic rings. The highest BCUT2D eigenvalue weighted by molar-refractivity contribution is 6.35. The van der Waals surface area contributed by atoms with Gasteiger partial charge in [0.05, 0.1) is 11.0 Å². The van der Waals surface area contributed by atoms with Crippen LogP contribution in [-0.2, 0) is 20.8 Å². The maximum Gasteiger partial charge on any atom is 0.326 e. The van der Waals surface area contributed by atoms with Crippen LogP contribution in [0.2, 0.25) is 10.3 Å². The van der Waals surface area contributed by atoms with Gasteiger partial charge < -0.3 is 20.8 Å². The SMILES string of the molecule is CC1(C(=O)O)CCC(C(=O)N[C@@H](Cc2ccc(NC(=O)c3ccc(Cl)nc3Cl)cc2)C(=O)O)C1(C)C. The van der Waals surface area contributed by atoms with E-state index < -0.39 is 46.5 Å². The summed E-state index contributed by atoms with van der Waals surface area (Å²) >= 11 is 11.7. The second-order valence-corrected chi connectivity index (χ2v) is 10.4. The summed E-state index contributed by atoms with van der Waals surface area (Å²) < 4.78 is 0. The fourth-order valence-electron chi connectivity index (χ4n) is 4.55. The number of nitrogens with zero attached hydrogens (tertiary/aromatic N) is 1. The van der Waals surface area contributed by atoms with E-state index >= 15 is 0 Å². The van der Waals surface area contributed by atoms with Crippen LogP contribution >= 0.6 is 23.2 Å². The maximum absolute atomic E-state index is 13.0. The molecule has 9 nitrogen and oxygen atoms in total. The predicted octanol–water partition coefficient (Wildman–Crippen LogP) is 4.28. The quantitative estimate of drug-likeness (QED) is 0.369. The standard InChI is InChI=1S/C25H27Cl2N3O6/c1-24(2)16(10-11-25(24,3)23(35)36)21(32)29-17(22(33)34)12-13-4-6-14(7-5-13)28-20(31)15-8-9-18(26)30-19(15)27/h4-9,16-17H,10-12H2,1-3H3,(H,28,31)(H,29,32)(H,33,34)(H,35,36)/t16?,17-,25?/m0/s1. The smallest absolute Gasteiger partial charge is 0.326 e. The van der Waals surface area contributed by atoms with Gasteiger partial charge >= 0.3 is 11.9 Å². The maximum atomic E-state index is 13.0. The topological polar surface area (TPSA) is 146 Å². The lowest BCUT2D eigenvalue weighted by Gasteiger charge is -2.38. The molecule has 0 aliphatic heterocycles. The summed E-state index contributed by atoms with van der Waals surface area (Å²) in [5.74, 6) is -3.77. The zero-order chi connectivity index (χ0) is 26.8. The van der Waals surface area contributed by atoms with Gasteiger partial charge in [-0.2, -0.15) is 0 Å². The van der Waals surface area contributed by atoms with Gasteiger partial charge in [0.1, 0.15) is 16.3 Å². The molecule has 3 rings (SSSR count). The Kier molecular flexibility index (Phi) is 7.95. The van der Waals surface area contributed by atoms with Gasteiger partial charge in [-0.1, -0.05) is 49.2 Å². The van der Waals surface area contributed by atoms with Crippen molar-refractivity contribution in [1.82, 2.24) is 10.3 Å². The zero-order valence-corrected chi connectivity index (χ0v) is 21.5. The molecule has 4 N–H and O–H groups in total. The van der Waals surface area contributed by atoms with Crippen molar-refractivity contribution in [2.75, 3.05) is 5.32 Å². The van der Waals surface area contributed by atoms with Crippen LogP contribution < -0.4 is 10.6 Å². The first kappa shape index (κ1) is 27.4. The summed E-state index contributed by atoms with van der Waals surface area (Å²) in [6.45, 7) is 5.08. The van der Waals surface area contributed by atoms with Crippen LogP contribution in [0.15, 0.2) is 36.4 Å². The molecule has 1 aromatic heterocycles. The number of aromatic nitrogens is 1. The van der Waals surface area contributed by atoms with Crippen molar-refractivity contribution in [3.8, 4) is 0 Å². The van der Waals surface area contributed by atoms with Crippen LogP contribution in [0.3, 0.4) is 0 Å². The Morgan fingerprint density at radius 3 is 2.22 bits per heavy atom. The molecule has 1 saturated carbocycles. The van der Waals surface area contributed by atoms with Crippen LogP contribution in [0.5, 0.6) is 0 Å². The molecule has 1 aliphatic carbocycles. The first-order chi connectivity index (χ1) is 16.8. The Hall–Kier alpha value is -3.17. The average Bonchev–Trinajstić information content (AvgIpc) is 3.04. The largest absolute Gasteiger partial charge is 0.481 e. The minimum absolute atomic E-state index is 0.00553. The summed E-state index contributed by atoms with van der Waals surface area (Å²) in [5.41, 5.74) is -0.721. The third-order valence-electron chi connectivity index (χ3n) is 7.34. The van der Waals surface area contributed by atoms with Gasteiger partial charge in [-0.05, 0) is 55.0 Å². The number of amides is 2. The van der Waals surface area contributed by atoms with Crippen molar-refractivity contribution < 1.29 is 29.4 Å². The molecular formula is C25H27Cl2N3O6. The van der Waals surface area contributed by atoms with Crippen LogP contribution in [0, 0.1) is 16.7 Å². The molecule has 3 atom stereocenters. The first-order valence-electron chi connectivity index (χ1n) is 11.2. The monoisotopic (exact) mass is 535 g/mol. The molecule has 0 radical (unpaired) electrons. The van der Waals surface area contributed by atoms with Gasteiger partial charge in [0.15, 0.2) is 0 Å². The van der Waals surface area contributed by atoms with E-state index in [2.05, 4.69) is 15.6 Å². The minimum Gasteiger partial charge on any atom is -0.481 e. The van der Waals surface area contributed by atoms with Crippen LogP contribution in [0.4, 0.5) is 5.69 Å². The number of nitrogens with one attached hydrogen (secondary N) is 2. The molecule has 192 valence electrons. The van der Waals surface area contributed by atoms with E-state index in [-0.39, 0.29) is 22.3 Å². The number of anilines is 1. The third kappa shape index (κ3) is 5.47. The Bertz CT molecular complexity index is 1200. The highest BCUT2D eigenvalue weighted by Crippen LogP contribution is 2.56. The number of aliphatic carboxylic acids is 2. The van der Waals surface area contributed by atoms with E-state index in [0.717, 1.165) is 0 Å². The Morgan fingerprint density at radius 2 is 1.69 bits per heavy atom. The number of pyridine rings is 1. The van der Waals surface area contributed by atoms with Gasteiger partial charge in [-0.25, -0.2) is 9.78 Å². The van der Waals surface area contributed by atoms with E-state index in [1.54, 1.807) is 45.0 Å². The van der Waals surface area contributed by atoms with E-state index in [1.807, 2.05) is 0 Å². The van der Waals surface area contributed by atoms with Crippen molar-refractivity contribution >= 4 is 52.6 Å². The molecule has 0 bridgehead atoms. The molecule has 0 saturated heterocycles. The highest BCUT2D eigenvalue weighted by atomic mass is 35.5.